The van der Waals surface area contributed by atoms with Gasteiger partial charge in [-0.1, -0.05) is 0 Å². The molecule has 1 aromatic heterocycles. The first-order valence-corrected chi connectivity index (χ1v) is 4.33. The standard InChI is InChI=1S/C7H13N3S/c1-5-8-6(11-10-5)9-7(2,3)4/h1-4H3,(H,8,9,10). The Kier molecular flexibility index (Phi) is 2.13. The Morgan fingerprint density at radius 3 is 2.36 bits per heavy atom. The summed E-state index contributed by atoms with van der Waals surface area (Å²) in [6.45, 7) is 8.20. The van der Waals surface area contributed by atoms with Gasteiger partial charge in [0.25, 0.3) is 0 Å². The summed E-state index contributed by atoms with van der Waals surface area (Å²) in [6, 6.07) is 0. The van der Waals surface area contributed by atoms with E-state index in [1.165, 1.54) is 11.5 Å². The monoisotopic (exact) mass is 171 g/mol. The maximum atomic E-state index is 4.19. The van der Waals surface area contributed by atoms with Gasteiger partial charge in [-0.2, -0.15) is 4.37 Å². The SMILES string of the molecule is Cc1nsc(NC(C)(C)C)n1. The number of hydrogen-bond donors (Lipinski definition) is 1. The van der Waals surface area contributed by atoms with Crippen LogP contribution in [0.4, 0.5) is 5.13 Å². The van der Waals surface area contributed by atoms with Gasteiger partial charge in [-0.05, 0) is 27.7 Å². The maximum Gasteiger partial charge on any atom is 0.202 e. The highest BCUT2D eigenvalue weighted by Gasteiger charge is 2.11. The lowest BCUT2D eigenvalue weighted by atomic mass is 10.1. The fourth-order valence-corrected chi connectivity index (χ4v) is 1.45. The third kappa shape index (κ3) is 2.84. The Morgan fingerprint density at radius 2 is 2.00 bits per heavy atom. The van der Waals surface area contributed by atoms with Gasteiger partial charge in [0, 0.05) is 17.1 Å². The van der Waals surface area contributed by atoms with E-state index in [9.17, 15) is 0 Å². The van der Waals surface area contributed by atoms with Crippen molar-refractivity contribution in [3.63, 3.8) is 0 Å². The van der Waals surface area contributed by atoms with Crippen molar-refractivity contribution >= 4 is 16.7 Å². The van der Waals surface area contributed by atoms with Gasteiger partial charge in [-0.25, -0.2) is 4.98 Å². The lowest BCUT2D eigenvalue weighted by molar-refractivity contribution is 0.633. The molecule has 0 bridgehead atoms. The van der Waals surface area contributed by atoms with Gasteiger partial charge in [0.05, 0.1) is 0 Å². The lowest BCUT2D eigenvalue weighted by Gasteiger charge is -2.18. The van der Waals surface area contributed by atoms with Gasteiger partial charge < -0.3 is 5.32 Å². The average Bonchev–Trinajstić information content (AvgIpc) is 2.10. The van der Waals surface area contributed by atoms with Crippen molar-refractivity contribution in [2.24, 2.45) is 0 Å². The minimum atomic E-state index is 0.0754. The van der Waals surface area contributed by atoms with E-state index >= 15 is 0 Å². The minimum absolute atomic E-state index is 0.0754. The molecule has 1 aromatic rings. The summed E-state index contributed by atoms with van der Waals surface area (Å²) in [5.41, 5.74) is 0.0754. The molecule has 0 fully saturated rings. The molecule has 0 aliphatic carbocycles. The van der Waals surface area contributed by atoms with E-state index in [1.54, 1.807) is 0 Å². The van der Waals surface area contributed by atoms with Crippen molar-refractivity contribution in [1.82, 2.24) is 9.36 Å². The Bertz CT molecular complexity index is 236. The molecule has 4 heteroatoms. The van der Waals surface area contributed by atoms with Crippen LogP contribution in [0.5, 0.6) is 0 Å². The van der Waals surface area contributed by atoms with Crippen LogP contribution in [0.25, 0.3) is 0 Å². The summed E-state index contributed by atoms with van der Waals surface area (Å²) in [5, 5.41) is 4.14. The molecule has 0 saturated heterocycles. The molecule has 0 spiro atoms. The van der Waals surface area contributed by atoms with Gasteiger partial charge >= 0.3 is 0 Å². The van der Waals surface area contributed by atoms with Crippen LogP contribution in [-0.4, -0.2) is 14.9 Å². The van der Waals surface area contributed by atoms with Crippen LogP contribution < -0.4 is 5.32 Å². The molecule has 1 N–H and O–H groups in total. The molecular formula is C7H13N3S. The van der Waals surface area contributed by atoms with Crippen LogP contribution in [0.2, 0.25) is 0 Å². The summed E-state index contributed by atoms with van der Waals surface area (Å²) >= 11 is 1.40. The first kappa shape index (κ1) is 8.46. The van der Waals surface area contributed by atoms with Crippen LogP contribution >= 0.6 is 11.5 Å². The van der Waals surface area contributed by atoms with Crippen molar-refractivity contribution < 1.29 is 0 Å². The number of anilines is 1. The van der Waals surface area contributed by atoms with Gasteiger partial charge in [0.2, 0.25) is 5.13 Å². The van der Waals surface area contributed by atoms with Gasteiger partial charge in [0.15, 0.2) is 0 Å². The summed E-state index contributed by atoms with van der Waals surface area (Å²) < 4.78 is 4.07. The second-order valence-corrected chi connectivity index (χ2v) is 4.27. The number of aromatic nitrogens is 2. The molecule has 0 amide bonds. The molecule has 0 aliphatic heterocycles. The van der Waals surface area contributed by atoms with Crippen LogP contribution in [0.3, 0.4) is 0 Å². The zero-order chi connectivity index (χ0) is 8.48. The number of rotatable bonds is 1. The first-order valence-electron chi connectivity index (χ1n) is 3.56. The van der Waals surface area contributed by atoms with Gasteiger partial charge in [-0.15, -0.1) is 0 Å². The van der Waals surface area contributed by atoms with Crippen LogP contribution in [0.1, 0.15) is 26.6 Å². The van der Waals surface area contributed by atoms with E-state index in [2.05, 4.69) is 35.4 Å². The Labute approximate surface area is 71.0 Å². The molecule has 0 radical (unpaired) electrons. The Hall–Kier alpha value is -0.640. The van der Waals surface area contributed by atoms with E-state index in [4.69, 9.17) is 0 Å². The summed E-state index contributed by atoms with van der Waals surface area (Å²) in [7, 11) is 0. The van der Waals surface area contributed by atoms with Crippen molar-refractivity contribution in [3.8, 4) is 0 Å². The normalized spacial score (nSPS) is 11.6. The average molecular weight is 171 g/mol. The van der Waals surface area contributed by atoms with Crippen molar-refractivity contribution in [1.29, 1.82) is 0 Å². The quantitative estimate of drug-likeness (QED) is 0.702. The number of nitrogens with zero attached hydrogens (tertiary/aromatic N) is 2. The zero-order valence-corrected chi connectivity index (χ0v) is 8.12. The highest BCUT2D eigenvalue weighted by Crippen LogP contribution is 2.15. The summed E-state index contributed by atoms with van der Waals surface area (Å²) in [5.74, 6) is 0.835. The second kappa shape index (κ2) is 2.77. The van der Waals surface area contributed by atoms with Crippen molar-refractivity contribution in [2.45, 2.75) is 33.2 Å². The fraction of sp³-hybridized carbons (Fsp3) is 0.714. The van der Waals surface area contributed by atoms with E-state index in [1.807, 2.05) is 6.92 Å². The number of aryl methyl sites for hydroxylation is 1. The molecule has 0 aromatic carbocycles. The molecule has 11 heavy (non-hydrogen) atoms. The summed E-state index contributed by atoms with van der Waals surface area (Å²) in [6.07, 6.45) is 0. The maximum absolute atomic E-state index is 4.19. The van der Waals surface area contributed by atoms with E-state index in [0.29, 0.717) is 0 Å². The molecular weight excluding hydrogens is 158 g/mol. The summed E-state index contributed by atoms with van der Waals surface area (Å²) in [4.78, 5) is 4.19. The molecule has 0 saturated carbocycles. The third-order valence-electron chi connectivity index (χ3n) is 1.01. The molecule has 0 atom stereocenters. The molecule has 0 unspecified atom stereocenters. The smallest absolute Gasteiger partial charge is 0.202 e. The van der Waals surface area contributed by atoms with Gasteiger partial charge in [0.1, 0.15) is 5.82 Å². The second-order valence-electron chi connectivity index (χ2n) is 3.52. The predicted molar refractivity (Wildman–Crippen MR) is 48.0 cm³/mol. The zero-order valence-electron chi connectivity index (χ0n) is 7.30. The van der Waals surface area contributed by atoms with E-state index in [0.717, 1.165) is 11.0 Å². The predicted octanol–water partition coefficient (Wildman–Crippen LogP) is 2.06. The highest BCUT2D eigenvalue weighted by molar-refractivity contribution is 7.09. The van der Waals surface area contributed by atoms with E-state index < -0.39 is 0 Å². The largest absolute Gasteiger partial charge is 0.356 e. The molecule has 0 aliphatic rings. The first-order chi connectivity index (χ1) is 4.97. The van der Waals surface area contributed by atoms with Crippen molar-refractivity contribution in [3.05, 3.63) is 5.82 Å². The van der Waals surface area contributed by atoms with Crippen LogP contribution in [0, 0.1) is 6.92 Å². The lowest BCUT2D eigenvalue weighted by Crippen LogP contribution is -2.25. The Morgan fingerprint density at radius 1 is 1.36 bits per heavy atom. The minimum Gasteiger partial charge on any atom is -0.356 e. The van der Waals surface area contributed by atoms with Gasteiger partial charge in [-0.3, -0.25) is 0 Å². The molecule has 1 rings (SSSR count). The van der Waals surface area contributed by atoms with E-state index in [-0.39, 0.29) is 5.54 Å². The molecule has 62 valence electrons. The molecule has 1 heterocycles. The molecule has 3 nitrogen and oxygen atoms in total. The highest BCUT2D eigenvalue weighted by atomic mass is 32.1. The van der Waals surface area contributed by atoms with Crippen LogP contribution in [-0.2, 0) is 0 Å². The Balaban J connectivity index is 2.65. The number of hydrogen-bond acceptors (Lipinski definition) is 4. The van der Waals surface area contributed by atoms with Crippen molar-refractivity contribution in [2.75, 3.05) is 5.32 Å². The van der Waals surface area contributed by atoms with Crippen LogP contribution in [0.15, 0.2) is 0 Å². The fourth-order valence-electron chi connectivity index (χ4n) is 0.669. The number of nitrogens with one attached hydrogen (secondary N) is 1. The topological polar surface area (TPSA) is 37.8 Å². The third-order valence-corrected chi connectivity index (χ3v) is 1.73.